The normalized spacial score (nSPS) is 21.2. The summed E-state index contributed by atoms with van der Waals surface area (Å²) in [5.41, 5.74) is 0. The van der Waals surface area contributed by atoms with E-state index in [0.717, 1.165) is 32.4 Å². The van der Waals surface area contributed by atoms with Crippen LogP contribution in [-0.2, 0) is 10.0 Å². The number of rotatable bonds is 5. The van der Waals surface area contributed by atoms with Crippen LogP contribution in [0, 0.1) is 5.92 Å². The first kappa shape index (κ1) is 16.8. The van der Waals surface area contributed by atoms with Crippen LogP contribution in [-0.4, -0.2) is 41.3 Å². The van der Waals surface area contributed by atoms with Gasteiger partial charge in [-0.2, -0.15) is 0 Å². The van der Waals surface area contributed by atoms with Crippen molar-refractivity contribution in [2.24, 2.45) is 5.92 Å². The average Bonchev–Trinajstić information content (AvgIpc) is 2.55. The Bertz CT molecular complexity index is 660. The summed E-state index contributed by atoms with van der Waals surface area (Å²) in [6, 6.07) is 2.93. The quantitative estimate of drug-likeness (QED) is 0.837. The highest BCUT2D eigenvalue weighted by Crippen LogP contribution is 2.37. The van der Waals surface area contributed by atoms with Crippen molar-refractivity contribution in [1.82, 2.24) is 10.0 Å². The van der Waals surface area contributed by atoms with E-state index < -0.39 is 10.0 Å². The molecule has 1 unspecified atom stereocenters. The predicted molar refractivity (Wildman–Crippen MR) is 87.8 cm³/mol. The number of hydrogen-bond donors (Lipinski definition) is 2. The topological polar surface area (TPSA) is 76.7 Å². The second-order valence-electron chi connectivity index (χ2n) is 5.83. The van der Waals surface area contributed by atoms with Gasteiger partial charge >= 0.3 is 0 Å². The SMILES string of the molecule is O=S(=O)(NCCC1CCCNC1)c1cc2c(cc1Cl)OCCO2. The standard InChI is InChI=1S/C15H21ClN2O4S/c16-12-8-13-14(22-7-6-21-13)9-15(12)23(19,20)18-5-3-11-2-1-4-17-10-11/h8-9,11,17-18H,1-7,10H2. The molecule has 2 heterocycles. The van der Waals surface area contributed by atoms with Crippen molar-refractivity contribution >= 4 is 21.6 Å². The zero-order chi connectivity index (χ0) is 16.3. The fourth-order valence-electron chi connectivity index (χ4n) is 2.90. The number of nitrogens with one attached hydrogen (secondary N) is 2. The molecule has 1 saturated heterocycles. The van der Waals surface area contributed by atoms with Crippen molar-refractivity contribution in [3.8, 4) is 11.5 Å². The van der Waals surface area contributed by atoms with Gasteiger partial charge in [0.15, 0.2) is 11.5 Å². The maximum Gasteiger partial charge on any atom is 0.242 e. The van der Waals surface area contributed by atoms with Gasteiger partial charge in [-0.1, -0.05) is 11.6 Å². The number of fused-ring (bicyclic) bond motifs is 1. The molecule has 6 nitrogen and oxygen atoms in total. The molecule has 0 aliphatic carbocycles. The third-order valence-corrected chi connectivity index (χ3v) is 6.06. The molecule has 0 saturated carbocycles. The Morgan fingerprint density at radius 2 is 2.00 bits per heavy atom. The van der Waals surface area contributed by atoms with E-state index in [0.29, 0.717) is 37.2 Å². The molecule has 2 aliphatic rings. The zero-order valence-corrected chi connectivity index (χ0v) is 14.4. The van der Waals surface area contributed by atoms with E-state index in [9.17, 15) is 8.42 Å². The lowest BCUT2D eigenvalue weighted by atomic mass is 9.96. The van der Waals surface area contributed by atoms with E-state index in [1.165, 1.54) is 12.1 Å². The van der Waals surface area contributed by atoms with Gasteiger partial charge in [-0.3, -0.25) is 0 Å². The average molecular weight is 361 g/mol. The minimum absolute atomic E-state index is 0.0326. The van der Waals surface area contributed by atoms with E-state index in [1.807, 2.05) is 0 Å². The van der Waals surface area contributed by atoms with Crippen LogP contribution in [0.25, 0.3) is 0 Å². The maximum absolute atomic E-state index is 12.5. The molecule has 1 aromatic carbocycles. The molecule has 0 aromatic heterocycles. The van der Waals surface area contributed by atoms with Crippen molar-refractivity contribution in [3.63, 3.8) is 0 Å². The molecule has 1 atom stereocenters. The minimum Gasteiger partial charge on any atom is -0.486 e. The number of piperidine rings is 1. The minimum atomic E-state index is -3.66. The van der Waals surface area contributed by atoms with Gasteiger partial charge < -0.3 is 14.8 Å². The maximum atomic E-state index is 12.5. The highest BCUT2D eigenvalue weighted by molar-refractivity contribution is 7.89. The van der Waals surface area contributed by atoms with Gasteiger partial charge in [0, 0.05) is 18.7 Å². The van der Waals surface area contributed by atoms with Crippen LogP contribution in [0.5, 0.6) is 11.5 Å². The Balaban J connectivity index is 1.66. The lowest BCUT2D eigenvalue weighted by Crippen LogP contribution is -2.33. The molecular weight excluding hydrogens is 340 g/mol. The molecule has 23 heavy (non-hydrogen) atoms. The number of hydrogen-bond acceptors (Lipinski definition) is 5. The lowest BCUT2D eigenvalue weighted by molar-refractivity contribution is 0.171. The van der Waals surface area contributed by atoms with E-state index >= 15 is 0 Å². The number of sulfonamides is 1. The first-order chi connectivity index (χ1) is 11.1. The zero-order valence-electron chi connectivity index (χ0n) is 12.8. The molecule has 3 rings (SSSR count). The van der Waals surface area contributed by atoms with Crippen molar-refractivity contribution in [1.29, 1.82) is 0 Å². The Morgan fingerprint density at radius 1 is 1.26 bits per heavy atom. The first-order valence-corrected chi connectivity index (χ1v) is 9.72. The lowest BCUT2D eigenvalue weighted by Gasteiger charge is -2.23. The largest absolute Gasteiger partial charge is 0.486 e. The second-order valence-corrected chi connectivity index (χ2v) is 7.97. The van der Waals surface area contributed by atoms with Crippen LogP contribution in [0.2, 0.25) is 5.02 Å². The van der Waals surface area contributed by atoms with E-state index in [4.69, 9.17) is 21.1 Å². The summed E-state index contributed by atoms with van der Waals surface area (Å²) in [6.45, 7) is 3.24. The third-order valence-electron chi connectivity index (χ3n) is 4.13. The molecular formula is C15H21ClN2O4S. The van der Waals surface area contributed by atoms with E-state index in [1.54, 1.807) is 0 Å². The summed E-state index contributed by atoms with van der Waals surface area (Å²) in [6.07, 6.45) is 3.10. The van der Waals surface area contributed by atoms with Crippen LogP contribution >= 0.6 is 11.6 Å². The van der Waals surface area contributed by atoms with Crippen LogP contribution in [0.4, 0.5) is 0 Å². The summed E-state index contributed by atoms with van der Waals surface area (Å²) in [4.78, 5) is 0.0326. The fourth-order valence-corrected chi connectivity index (χ4v) is 4.48. The second kappa shape index (κ2) is 7.25. The smallest absolute Gasteiger partial charge is 0.242 e. The van der Waals surface area contributed by atoms with Gasteiger partial charge in [0.2, 0.25) is 10.0 Å². The van der Waals surface area contributed by atoms with Crippen LogP contribution in [0.3, 0.4) is 0 Å². The Hall–Kier alpha value is -1.02. The number of benzene rings is 1. The Kier molecular flexibility index (Phi) is 5.31. The monoisotopic (exact) mass is 360 g/mol. The first-order valence-electron chi connectivity index (χ1n) is 7.86. The fraction of sp³-hybridized carbons (Fsp3) is 0.600. The molecule has 0 amide bonds. The van der Waals surface area contributed by atoms with Gasteiger partial charge in [-0.05, 0) is 38.3 Å². The van der Waals surface area contributed by atoms with Gasteiger partial charge in [0.1, 0.15) is 18.1 Å². The van der Waals surface area contributed by atoms with Crippen molar-refractivity contribution in [3.05, 3.63) is 17.2 Å². The van der Waals surface area contributed by atoms with Crippen LogP contribution < -0.4 is 19.5 Å². The molecule has 8 heteroatoms. The number of ether oxygens (including phenoxy) is 2. The molecule has 2 aliphatic heterocycles. The summed E-state index contributed by atoms with van der Waals surface area (Å²) in [5.74, 6) is 1.41. The molecule has 128 valence electrons. The van der Waals surface area contributed by atoms with Crippen molar-refractivity contribution in [2.75, 3.05) is 32.8 Å². The molecule has 2 N–H and O–H groups in total. The molecule has 0 bridgehead atoms. The predicted octanol–water partition coefficient (Wildman–Crippen LogP) is 1.78. The Morgan fingerprint density at radius 3 is 2.70 bits per heavy atom. The van der Waals surface area contributed by atoms with Gasteiger partial charge in [0.25, 0.3) is 0 Å². The summed E-state index contributed by atoms with van der Waals surface area (Å²) >= 11 is 6.11. The summed E-state index contributed by atoms with van der Waals surface area (Å²) in [7, 11) is -3.66. The third kappa shape index (κ3) is 4.09. The van der Waals surface area contributed by atoms with Gasteiger partial charge in [-0.15, -0.1) is 0 Å². The highest BCUT2D eigenvalue weighted by Gasteiger charge is 2.23. The highest BCUT2D eigenvalue weighted by atomic mass is 35.5. The molecule has 1 fully saturated rings. The van der Waals surface area contributed by atoms with Crippen LogP contribution in [0.15, 0.2) is 17.0 Å². The Labute approximate surface area is 141 Å². The number of halogens is 1. The van der Waals surface area contributed by atoms with Crippen molar-refractivity contribution in [2.45, 2.75) is 24.2 Å². The van der Waals surface area contributed by atoms with E-state index in [2.05, 4.69) is 10.0 Å². The van der Waals surface area contributed by atoms with E-state index in [-0.39, 0.29) is 9.92 Å². The van der Waals surface area contributed by atoms with Gasteiger partial charge in [0.05, 0.1) is 5.02 Å². The van der Waals surface area contributed by atoms with Crippen LogP contribution in [0.1, 0.15) is 19.3 Å². The molecule has 1 aromatic rings. The summed E-state index contributed by atoms with van der Waals surface area (Å²) < 4.78 is 38.4. The van der Waals surface area contributed by atoms with Crippen molar-refractivity contribution < 1.29 is 17.9 Å². The summed E-state index contributed by atoms with van der Waals surface area (Å²) in [5, 5.41) is 3.47. The molecule has 0 spiro atoms. The van der Waals surface area contributed by atoms with Gasteiger partial charge in [-0.25, -0.2) is 13.1 Å². The molecule has 0 radical (unpaired) electrons.